The highest BCUT2D eigenvalue weighted by Crippen LogP contribution is 2.31. The van der Waals surface area contributed by atoms with Crippen molar-refractivity contribution in [3.8, 4) is 0 Å². The third kappa shape index (κ3) is 7.85. The van der Waals surface area contributed by atoms with Gasteiger partial charge in [-0.2, -0.15) is 0 Å². The maximum absolute atomic E-state index is 6.61. The van der Waals surface area contributed by atoms with Crippen molar-refractivity contribution in [3.63, 3.8) is 0 Å². The molecule has 0 aromatic heterocycles. The molecule has 0 bridgehead atoms. The molecular weight excluding hydrogens is 488 g/mol. The zero-order chi connectivity index (χ0) is 26.7. The summed E-state index contributed by atoms with van der Waals surface area (Å²) in [6, 6.07) is 40.5. The molecule has 5 atom stereocenters. The van der Waals surface area contributed by atoms with E-state index >= 15 is 0 Å². The van der Waals surface area contributed by atoms with Gasteiger partial charge in [-0.3, -0.25) is 0 Å². The van der Waals surface area contributed by atoms with E-state index in [4.69, 9.17) is 23.7 Å². The van der Waals surface area contributed by atoms with Gasteiger partial charge in [-0.25, -0.2) is 0 Å². The predicted octanol–water partition coefficient (Wildman–Crippen LogP) is 6.70. The first-order chi connectivity index (χ1) is 19.3. The number of rotatable bonds is 12. The molecule has 5 nitrogen and oxygen atoms in total. The van der Waals surface area contributed by atoms with Crippen molar-refractivity contribution in [3.05, 3.63) is 144 Å². The lowest BCUT2D eigenvalue weighted by atomic mass is 9.98. The second-order valence-corrected chi connectivity index (χ2v) is 9.79. The van der Waals surface area contributed by atoms with Crippen molar-refractivity contribution < 1.29 is 23.7 Å². The van der Waals surface area contributed by atoms with Gasteiger partial charge in [0.15, 0.2) is 6.29 Å². The quantitative estimate of drug-likeness (QED) is 0.206. The Morgan fingerprint density at radius 2 is 0.769 bits per heavy atom. The van der Waals surface area contributed by atoms with Gasteiger partial charge in [-0.05, 0) is 29.2 Å². The minimum absolute atomic E-state index is 0.271. The highest BCUT2D eigenvalue weighted by Gasteiger charge is 2.47. The predicted molar refractivity (Wildman–Crippen MR) is 151 cm³/mol. The summed E-state index contributed by atoms with van der Waals surface area (Å²) >= 11 is 0. The molecule has 0 radical (unpaired) electrons. The third-order valence-corrected chi connectivity index (χ3v) is 6.84. The van der Waals surface area contributed by atoms with E-state index in [0.717, 1.165) is 22.3 Å². The highest BCUT2D eigenvalue weighted by molar-refractivity contribution is 5.16. The van der Waals surface area contributed by atoms with Crippen LogP contribution in [-0.2, 0) is 50.1 Å². The molecule has 0 amide bonds. The van der Waals surface area contributed by atoms with Crippen LogP contribution in [0.1, 0.15) is 29.2 Å². The second-order valence-electron chi connectivity index (χ2n) is 9.79. The van der Waals surface area contributed by atoms with E-state index in [9.17, 15) is 0 Å². The molecule has 1 aliphatic rings. The molecule has 1 aliphatic heterocycles. The van der Waals surface area contributed by atoms with E-state index in [1.165, 1.54) is 0 Å². The first-order valence-corrected chi connectivity index (χ1v) is 13.5. The van der Waals surface area contributed by atoms with E-state index < -0.39 is 18.5 Å². The van der Waals surface area contributed by atoms with Crippen molar-refractivity contribution in [1.82, 2.24) is 0 Å². The van der Waals surface area contributed by atoms with Crippen molar-refractivity contribution >= 4 is 0 Å². The lowest BCUT2D eigenvalue weighted by Crippen LogP contribution is -2.60. The summed E-state index contributed by atoms with van der Waals surface area (Å²) in [6.45, 7) is 3.71. The van der Waals surface area contributed by atoms with Crippen molar-refractivity contribution in [2.75, 3.05) is 0 Å². The number of ether oxygens (including phenoxy) is 5. The smallest absolute Gasteiger partial charge is 0.187 e. The van der Waals surface area contributed by atoms with Gasteiger partial charge < -0.3 is 23.7 Å². The molecule has 0 saturated carbocycles. The van der Waals surface area contributed by atoms with Crippen LogP contribution in [0, 0.1) is 0 Å². The highest BCUT2D eigenvalue weighted by atomic mass is 16.7. The summed E-state index contributed by atoms with van der Waals surface area (Å²) in [5.74, 6) is 0. The van der Waals surface area contributed by atoms with Crippen LogP contribution >= 0.6 is 0 Å². The molecule has 0 N–H and O–H groups in total. The number of hydrogen-bond acceptors (Lipinski definition) is 5. The Labute approximate surface area is 231 Å². The lowest BCUT2D eigenvalue weighted by Gasteiger charge is -2.45. The van der Waals surface area contributed by atoms with E-state index in [2.05, 4.69) is 36.4 Å². The van der Waals surface area contributed by atoms with E-state index in [0.29, 0.717) is 26.4 Å². The van der Waals surface area contributed by atoms with E-state index in [1.807, 2.05) is 91.9 Å². The molecule has 1 fully saturated rings. The van der Waals surface area contributed by atoms with Crippen LogP contribution in [0.5, 0.6) is 0 Å². The first kappa shape index (κ1) is 27.3. The summed E-state index contributed by atoms with van der Waals surface area (Å²) in [5.41, 5.74) is 4.32. The summed E-state index contributed by atoms with van der Waals surface area (Å²) < 4.78 is 32.4. The molecule has 1 heterocycles. The van der Waals surface area contributed by atoms with Crippen LogP contribution < -0.4 is 0 Å². The summed E-state index contributed by atoms with van der Waals surface area (Å²) in [5, 5.41) is 0. The molecule has 4 aromatic carbocycles. The van der Waals surface area contributed by atoms with Crippen LogP contribution in [0.15, 0.2) is 121 Å². The minimum Gasteiger partial charge on any atom is -0.368 e. The molecule has 0 spiro atoms. The third-order valence-electron chi connectivity index (χ3n) is 6.84. The van der Waals surface area contributed by atoms with Gasteiger partial charge >= 0.3 is 0 Å². The molecule has 4 aromatic rings. The Bertz CT molecular complexity index is 1220. The summed E-state index contributed by atoms with van der Waals surface area (Å²) in [7, 11) is 0. The standard InChI is InChI=1S/C34H36O5/c1-26-31(35-22-27-14-6-2-7-15-27)32(36-23-28-16-8-3-9-17-28)33(37-24-29-18-10-4-11-19-29)34(39-26)38-25-30-20-12-5-13-21-30/h2-21,26,31-34H,22-25H2,1H3/t26?,31-,32+,33?,34-/m1/s1. The van der Waals surface area contributed by atoms with Crippen LogP contribution in [0.2, 0.25) is 0 Å². The fourth-order valence-corrected chi connectivity index (χ4v) is 4.76. The van der Waals surface area contributed by atoms with Gasteiger partial charge in [0, 0.05) is 0 Å². The molecule has 2 unspecified atom stereocenters. The SMILES string of the molecule is CC1O[C@@H](OCc2ccccc2)C(OCc2ccccc2)[C@@H](OCc2ccccc2)[C@@H]1OCc1ccccc1. The second kappa shape index (κ2) is 14.2. The van der Waals surface area contributed by atoms with Crippen LogP contribution in [0.25, 0.3) is 0 Å². The lowest BCUT2D eigenvalue weighted by molar-refractivity contribution is -0.322. The molecule has 202 valence electrons. The Morgan fingerprint density at radius 3 is 1.18 bits per heavy atom. The van der Waals surface area contributed by atoms with Crippen LogP contribution in [-0.4, -0.2) is 30.7 Å². The Balaban J connectivity index is 1.38. The van der Waals surface area contributed by atoms with Gasteiger partial charge in [0.2, 0.25) is 0 Å². The molecule has 1 saturated heterocycles. The van der Waals surface area contributed by atoms with E-state index in [1.54, 1.807) is 0 Å². The Kier molecular flexibility index (Phi) is 9.91. The number of hydrogen-bond donors (Lipinski definition) is 0. The normalized spacial score (nSPS) is 22.9. The summed E-state index contributed by atoms with van der Waals surface area (Å²) in [6.07, 6.45) is -2.17. The molecular formula is C34H36O5. The van der Waals surface area contributed by atoms with Crippen LogP contribution in [0.4, 0.5) is 0 Å². The number of benzene rings is 4. The fraction of sp³-hybridized carbons (Fsp3) is 0.294. The van der Waals surface area contributed by atoms with Gasteiger partial charge in [-0.15, -0.1) is 0 Å². The maximum Gasteiger partial charge on any atom is 0.187 e. The largest absolute Gasteiger partial charge is 0.368 e. The molecule has 5 rings (SSSR count). The zero-order valence-electron chi connectivity index (χ0n) is 22.3. The Hall–Kier alpha value is -3.32. The van der Waals surface area contributed by atoms with Gasteiger partial charge in [0.25, 0.3) is 0 Å². The maximum atomic E-state index is 6.61. The zero-order valence-corrected chi connectivity index (χ0v) is 22.3. The van der Waals surface area contributed by atoms with Gasteiger partial charge in [0.05, 0.1) is 32.5 Å². The average Bonchev–Trinajstić information content (AvgIpc) is 3.00. The average molecular weight is 525 g/mol. The van der Waals surface area contributed by atoms with Crippen molar-refractivity contribution in [2.24, 2.45) is 0 Å². The first-order valence-electron chi connectivity index (χ1n) is 13.5. The Morgan fingerprint density at radius 1 is 0.436 bits per heavy atom. The van der Waals surface area contributed by atoms with Crippen molar-refractivity contribution in [2.45, 2.75) is 64.1 Å². The van der Waals surface area contributed by atoms with Gasteiger partial charge in [0.1, 0.15) is 18.3 Å². The van der Waals surface area contributed by atoms with E-state index in [-0.39, 0.29) is 12.2 Å². The fourth-order valence-electron chi connectivity index (χ4n) is 4.76. The topological polar surface area (TPSA) is 46.2 Å². The molecule has 39 heavy (non-hydrogen) atoms. The summed E-state index contributed by atoms with van der Waals surface area (Å²) in [4.78, 5) is 0. The molecule has 5 heteroatoms. The van der Waals surface area contributed by atoms with Gasteiger partial charge in [-0.1, -0.05) is 121 Å². The van der Waals surface area contributed by atoms with Crippen molar-refractivity contribution in [1.29, 1.82) is 0 Å². The monoisotopic (exact) mass is 524 g/mol. The minimum atomic E-state index is -0.624. The van der Waals surface area contributed by atoms with Crippen LogP contribution in [0.3, 0.4) is 0 Å². The molecule has 0 aliphatic carbocycles.